The second kappa shape index (κ2) is 14.1. The van der Waals surface area contributed by atoms with Crippen molar-refractivity contribution in [2.75, 3.05) is 33.4 Å². The summed E-state index contributed by atoms with van der Waals surface area (Å²) in [6, 6.07) is 21.4. The fourth-order valence-electron chi connectivity index (χ4n) is 3.84. The van der Waals surface area contributed by atoms with Gasteiger partial charge < -0.3 is 19.9 Å². The molecule has 33 heavy (non-hydrogen) atoms. The molecular weight excluding hydrogens is 412 g/mol. The minimum atomic E-state index is 0.332. The van der Waals surface area contributed by atoms with Gasteiger partial charge in [-0.3, -0.25) is 4.99 Å². The van der Waals surface area contributed by atoms with Gasteiger partial charge in [0.1, 0.15) is 12.2 Å². The van der Waals surface area contributed by atoms with Crippen LogP contribution in [0, 0.1) is 0 Å². The highest BCUT2D eigenvalue weighted by molar-refractivity contribution is 5.79. The zero-order valence-corrected chi connectivity index (χ0v) is 19.8. The number of aliphatic imine (C=N–C) groups is 1. The third-order valence-electron chi connectivity index (χ3n) is 5.56. The Kier molecular flexibility index (Phi) is 10.4. The van der Waals surface area contributed by atoms with Crippen LogP contribution in [-0.4, -0.2) is 54.1 Å². The van der Waals surface area contributed by atoms with E-state index in [0.717, 1.165) is 57.2 Å². The molecule has 0 fully saturated rings. The highest BCUT2D eigenvalue weighted by Gasteiger charge is 2.14. The maximum atomic E-state index is 5.16. The standard InChI is InChI=1S/C26H36N6O/c1-3-25-31-30-21-32(25)19-18-29-26(27-16-10-20-33-2)28-17-15-24(22-11-6-4-7-12-22)23-13-8-5-9-14-23/h4-9,11-14,21,24H,3,10,15-20H2,1-2H3,(H2,27,28,29). The zero-order chi connectivity index (χ0) is 23.1. The lowest BCUT2D eigenvalue weighted by Gasteiger charge is -2.20. The molecule has 0 saturated carbocycles. The quantitative estimate of drug-likeness (QED) is 0.237. The molecule has 176 valence electrons. The van der Waals surface area contributed by atoms with Crippen LogP contribution < -0.4 is 10.6 Å². The maximum Gasteiger partial charge on any atom is 0.191 e. The molecule has 2 N–H and O–H groups in total. The maximum absolute atomic E-state index is 5.16. The Morgan fingerprint density at radius 3 is 2.30 bits per heavy atom. The van der Waals surface area contributed by atoms with E-state index >= 15 is 0 Å². The fourth-order valence-corrected chi connectivity index (χ4v) is 3.84. The third kappa shape index (κ3) is 8.02. The summed E-state index contributed by atoms with van der Waals surface area (Å²) in [5.41, 5.74) is 2.66. The van der Waals surface area contributed by atoms with Gasteiger partial charge in [0.2, 0.25) is 0 Å². The summed E-state index contributed by atoms with van der Waals surface area (Å²) in [6.45, 7) is 5.89. The number of benzene rings is 2. The number of hydrogen-bond donors (Lipinski definition) is 2. The zero-order valence-electron chi connectivity index (χ0n) is 19.8. The fraction of sp³-hybridized carbons (Fsp3) is 0.423. The van der Waals surface area contributed by atoms with Crippen LogP contribution >= 0.6 is 0 Å². The van der Waals surface area contributed by atoms with Crippen molar-refractivity contribution in [2.24, 2.45) is 4.99 Å². The number of aromatic nitrogens is 3. The van der Waals surface area contributed by atoms with Crippen LogP contribution in [0.1, 0.15) is 42.6 Å². The second-order valence-electron chi connectivity index (χ2n) is 7.89. The van der Waals surface area contributed by atoms with Crippen LogP contribution in [0.15, 0.2) is 72.0 Å². The Hall–Kier alpha value is -3.19. The molecule has 0 saturated heterocycles. The van der Waals surface area contributed by atoms with Crippen molar-refractivity contribution in [2.45, 2.75) is 38.6 Å². The first-order valence-electron chi connectivity index (χ1n) is 11.8. The smallest absolute Gasteiger partial charge is 0.191 e. The Balaban J connectivity index is 1.59. The van der Waals surface area contributed by atoms with Gasteiger partial charge in [0.15, 0.2) is 5.96 Å². The van der Waals surface area contributed by atoms with E-state index in [9.17, 15) is 0 Å². The molecule has 0 unspecified atom stereocenters. The van der Waals surface area contributed by atoms with Gasteiger partial charge in [-0.2, -0.15) is 0 Å². The van der Waals surface area contributed by atoms with Crippen molar-refractivity contribution in [3.8, 4) is 0 Å². The van der Waals surface area contributed by atoms with Gasteiger partial charge in [0.25, 0.3) is 0 Å². The SMILES string of the molecule is CCc1nncn1CCNC(=NCCCOC)NCCC(c1ccccc1)c1ccccc1. The summed E-state index contributed by atoms with van der Waals surface area (Å²) >= 11 is 0. The van der Waals surface area contributed by atoms with E-state index in [1.54, 1.807) is 13.4 Å². The van der Waals surface area contributed by atoms with Crippen LogP contribution in [0.2, 0.25) is 0 Å². The van der Waals surface area contributed by atoms with Crippen molar-refractivity contribution < 1.29 is 4.74 Å². The predicted molar refractivity (Wildman–Crippen MR) is 134 cm³/mol. The number of ether oxygens (including phenoxy) is 1. The van der Waals surface area contributed by atoms with Gasteiger partial charge >= 0.3 is 0 Å². The molecule has 1 heterocycles. The monoisotopic (exact) mass is 448 g/mol. The van der Waals surface area contributed by atoms with Gasteiger partial charge in [-0.05, 0) is 24.0 Å². The molecule has 2 aromatic carbocycles. The lowest BCUT2D eigenvalue weighted by Crippen LogP contribution is -2.40. The minimum absolute atomic E-state index is 0.332. The van der Waals surface area contributed by atoms with E-state index in [1.165, 1.54) is 11.1 Å². The normalized spacial score (nSPS) is 11.7. The molecule has 0 atom stereocenters. The molecule has 3 rings (SSSR count). The average Bonchev–Trinajstić information content (AvgIpc) is 3.32. The van der Waals surface area contributed by atoms with E-state index < -0.39 is 0 Å². The van der Waals surface area contributed by atoms with Gasteiger partial charge in [-0.1, -0.05) is 67.6 Å². The number of nitrogens with zero attached hydrogens (tertiary/aromatic N) is 4. The molecule has 0 aliphatic heterocycles. The van der Waals surface area contributed by atoms with Crippen LogP contribution in [0.3, 0.4) is 0 Å². The molecule has 1 aromatic heterocycles. The van der Waals surface area contributed by atoms with Gasteiger partial charge in [-0.15, -0.1) is 10.2 Å². The van der Waals surface area contributed by atoms with E-state index in [-0.39, 0.29) is 0 Å². The van der Waals surface area contributed by atoms with E-state index in [4.69, 9.17) is 9.73 Å². The number of methoxy groups -OCH3 is 1. The third-order valence-corrected chi connectivity index (χ3v) is 5.56. The molecule has 0 spiro atoms. The summed E-state index contributed by atoms with van der Waals surface area (Å²) in [5, 5.41) is 15.2. The van der Waals surface area contributed by atoms with Gasteiger partial charge in [0.05, 0.1) is 0 Å². The lowest BCUT2D eigenvalue weighted by molar-refractivity contribution is 0.197. The van der Waals surface area contributed by atoms with E-state index in [2.05, 4.69) is 93.0 Å². The van der Waals surface area contributed by atoms with Crippen molar-refractivity contribution in [3.05, 3.63) is 83.9 Å². The average molecular weight is 449 g/mol. The number of rotatable bonds is 13. The first-order valence-corrected chi connectivity index (χ1v) is 11.8. The van der Waals surface area contributed by atoms with Gasteiger partial charge in [0, 0.05) is 52.2 Å². The molecule has 7 nitrogen and oxygen atoms in total. The summed E-state index contributed by atoms with van der Waals surface area (Å²) in [4.78, 5) is 4.74. The van der Waals surface area contributed by atoms with Gasteiger partial charge in [-0.25, -0.2) is 0 Å². The molecular formula is C26H36N6O. The summed E-state index contributed by atoms with van der Waals surface area (Å²) < 4.78 is 7.24. The van der Waals surface area contributed by atoms with Crippen molar-refractivity contribution in [1.82, 2.24) is 25.4 Å². The Bertz CT molecular complexity index is 902. The topological polar surface area (TPSA) is 76.4 Å². The molecule has 0 aliphatic carbocycles. The van der Waals surface area contributed by atoms with Crippen LogP contribution in [0.4, 0.5) is 0 Å². The summed E-state index contributed by atoms with van der Waals surface area (Å²) in [5.74, 6) is 2.16. The first-order chi connectivity index (χ1) is 16.3. The highest BCUT2D eigenvalue weighted by atomic mass is 16.5. The van der Waals surface area contributed by atoms with E-state index in [1.807, 2.05) is 0 Å². The highest BCUT2D eigenvalue weighted by Crippen LogP contribution is 2.27. The molecule has 3 aromatic rings. The van der Waals surface area contributed by atoms with Crippen molar-refractivity contribution in [3.63, 3.8) is 0 Å². The van der Waals surface area contributed by atoms with Crippen molar-refractivity contribution in [1.29, 1.82) is 0 Å². The largest absolute Gasteiger partial charge is 0.385 e. The van der Waals surface area contributed by atoms with Crippen LogP contribution in [0.5, 0.6) is 0 Å². The van der Waals surface area contributed by atoms with Crippen molar-refractivity contribution >= 4 is 5.96 Å². The Labute approximate surface area is 197 Å². The first kappa shape index (κ1) is 24.5. The van der Waals surface area contributed by atoms with E-state index in [0.29, 0.717) is 12.5 Å². The molecule has 0 bridgehead atoms. The molecule has 7 heteroatoms. The minimum Gasteiger partial charge on any atom is -0.385 e. The second-order valence-corrected chi connectivity index (χ2v) is 7.89. The number of guanidine groups is 1. The Morgan fingerprint density at radius 2 is 1.67 bits per heavy atom. The predicted octanol–water partition coefficient (Wildman–Crippen LogP) is 3.63. The van der Waals surface area contributed by atoms with Crippen LogP contribution in [0.25, 0.3) is 0 Å². The number of hydrogen-bond acceptors (Lipinski definition) is 4. The Morgan fingerprint density at radius 1 is 1.00 bits per heavy atom. The molecule has 0 amide bonds. The summed E-state index contributed by atoms with van der Waals surface area (Å²) in [7, 11) is 1.72. The summed E-state index contributed by atoms with van der Waals surface area (Å²) in [6.07, 6.45) is 4.52. The number of nitrogens with one attached hydrogen (secondary N) is 2. The molecule has 0 aliphatic rings. The lowest BCUT2D eigenvalue weighted by atomic mass is 9.88. The van der Waals surface area contributed by atoms with Crippen LogP contribution in [-0.2, 0) is 17.7 Å². The molecule has 0 radical (unpaired) electrons. The number of aryl methyl sites for hydroxylation is 1.